The third-order valence-corrected chi connectivity index (χ3v) is 4.10. The first-order chi connectivity index (χ1) is 10.5. The second-order valence-corrected chi connectivity index (χ2v) is 5.75. The molecule has 0 aromatic heterocycles. The van der Waals surface area contributed by atoms with Gasteiger partial charge in [-0.25, -0.2) is 9.18 Å². The lowest BCUT2D eigenvalue weighted by Crippen LogP contribution is -2.47. The minimum atomic E-state index is -0.865. The lowest BCUT2D eigenvalue weighted by atomic mass is 9.99. The third-order valence-electron chi connectivity index (χ3n) is 3.74. The van der Waals surface area contributed by atoms with Crippen molar-refractivity contribution in [2.75, 3.05) is 19.6 Å². The molecule has 1 aromatic carbocycles. The topological polar surface area (TPSA) is 69.6 Å². The van der Waals surface area contributed by atoms with Gasteiger partial charge in [-0.2, -0.15) is 0 Å². The van der Waals surface area contributed by atoms with Crippen LogP contribution in [0.4, 0.5) is 9.18 Å². The Hall–Kier alpha value is -1.82. The highest BCUT2D eigenvalue weighted by molar-refractivity contribution is 6.31. The van der Waals surface area contributed by atoms with Gasteiger partial charge in [-0.1, -0.05) is 17.7 Å². The van der Waals surface area contributed by atoms with Crippen LogP contribution in [0.15, 0.2) is 18.2 Å². The highest BCUT2D eigenvalue weighted by Gasteiger charge is 2.27. The van der Waals surface area contributed by atoms with Gasteiger partial charge in [-0.3, -0.25) is 4.79 Å². The van der Waals surface area contributed by atoms with Crippen molar-refractivity contribution in [1.82, 2.24) is 10.2 Å². The fourth-order valence-electron chi connectivity index (χ4n) is 2.50. The molecule has 2 N–H and O–H groups in total. The first-order valence-corrected chi connectivity index (χ1v) is 7.54. The quantitative estimate of drug-likeness (QED) is 0.892. The van der Waals surface area contributed by atoms with E-state index >= 15 is 0 Å². The fourth-order valence-corrected chi connectivity index (χ4v) is 2.77. The molecule has 22 heavy (non-hydrogen) atoms. The van der Waals surface area contributed by atoms with Gasteiger partial charge in [0.15, 0.2) is 0 Å². The molecule has 0 spiro atoms. The van der Waals surface area contributed by atoms with Gasteiger partial charge in [0.25, 0.3) is 0 Å². The zero-order valence-corrected chi connectivity index (χ0v) is 12.8. The largest absolute Gasteiger partial charge is 0.481 e. The molecule has 1 fully saturated rings. The van der Waals surface area contributed by atoms with Crippen molar-refractivity contribution in [3.05, 3.63) is 34.6 Å². The van der Waals surface area contributed by atoms with E-state index in [1.165, 1.54) is 17.0 Å². The van der Waals surface area contributed by atoms with Crippen LogP contribution in [0, 0.1) is 11.7 Å². The van der Waals surface area contributed by atoms with Crippen LogP contribution >= 0.6 is 11.6 Å². The molecule has 1 aliphatic heterocycles. The van der Waals surface area contributed by atoms with Gasteiger partial charge >= 0.3 is 12.0 Å². The zero-order valence-electron chi connectivity index (χ0n) is 12.0. The van der Waals surface area contributed by atoms with E-state index in [9.17, 15) is 14.0 Å². The summed E-state index contributed by atoms with van der Waals surface area (Å²) in [5.74, 6) is -1.76. The van der Waals surface area contributed by atoms with E-state index in [0.29, 0.717) is 37.4 Å². The Kier molecular flexibility index (Phi) is 5.60. The van der Waals surface area contributed by atoms with Crippen molar-refractivity contribution in [3.8, 4) is 0 Å². The van der Waals surface area contributed by atoms with Crippen LogP contribution in [-0.2, 0) is 11.2 Å². The number of hydrogen-bond donors (Lipinski definition) is 2. The molecule has 2 rings (SSSR count). The summed E-state index contributed by atoms with van der Waals surface area (Å²) in [7, 11) is 0. The van der Waals surface area contributed by atoms with E-state index in [2.05, 4.69) is 5.32 Å². The van der Waals surface area contributed by atoms with Crippen molar-refractivity contribution in [1.29, 1.82) is 0 Å². The maximum absolute atomic E-state index is 12.9. The molecule has 5 nitrogen and oxygen atoms in total. The van der Waals surface area contributed by atoms with E-state index in [1.54, 1.807) is 6.07 Å². The number of carbonyl (C=O) groups is 2. The van der Waals surface area contributed by atoms with Crippen molar-refractivity contribution in [2.24, 2.45) is 5.92 Å². The Morgan fingerprint density at radius 2 is 2.23 bits per heavy atom. The summed E-state index contributed by atoms with van der Waals surface area (Å²) in [5, 5.41) is 12.1. The molecule has 0 saturated carbocycles. The number of carbonyl (C=O) groups excluding carboxylic acids is 1. The van der Waals surface area contributed by atoms with Gasteiger partial charge in [-0.15, -0.1) is 0 Å². The molecule has 1 aromatic rings. The predicted octanol–water partition coefficient (Wildman–Crippen LogP) is 2.53. The molecular weight excluding hydrogens is 311 g/mol. The number of carboxylic acids is 1. The predicted molar refractivity (Wildman–Crippen MR) is 80.4 cm³/mol. The highest BCUT2D eigenvalue weighted by atomic mass is 35.5. The first-order valence-electron chi connectivity index (χ1n) is 7.17. The van der Waals surface area contributed by atoms with Gasteiger partial charge in [0.1, 0.15) is 5.82 Å². The minimum absolute atomic E-state index is 0.235. The zero-order chi connectivity index (χ0) is 16.1. The van der Waals surface area contributed by atoms with Crippen LogP contribution in [0.2, 0.25) is 5.02 Å². The number of urea groups is 1. The van der Waals surface area contributed by atoms with E-state index < -0.39 is 17.7 Å². The molecule has 1 saturated heterocycles. The number of amides is 2. The number of carboxylic acid groups (broad SMARTS) is 1. The average Bonchev–Trinajstić information content (AvgIpc) is 2.49. The van der Waals surface area contributed by atoms with E-state index in [1.807, 2.05) is 0 Å². The smallest absolute Gasteiger partial charge is 0.317 e. The van der Waals surface area contributed by atoms with Gasteiger partial charge in [-0.05, 0) is 37.0 Å². The monoisotopic (exact) mass is 328 g/mol. The summed E-state index contributed by atoms with van der Waals surface area (Å²) in [4.78, 5) is 24.5. The fraction of sp³-hybridized carbons (Fsp3) is 0.467. The second-order valence-electron chi connectivity index (χ2n) is 5.34. The minimum Gasteiger partial charge on any atom is -0.481 e. The number of rotatable bonds is 4. The lowest BCUT2D eigenvalue weighted by Gasteiger charge is -2.30. The molecule has 0 radical (unpaired) electrons. The SMILES string of the molecule is O=C(O)C1CCCN(C(=O)NCCc2ccc(F)cc2Cl)C1. The summed E-state index contributed by atoms with van der Waals surface area (Å²) in [6.45, 7) is 1.16. The summed E-state index contributed by atoms with van der Waals surface area (Å²) in [6, 6.07) is 3.88. The van der Waals surface area contributed by atoms with Crippen molar-refractivity contribution in [2.45, 2.75) is 19.3 Å². The third kappa shape index (κ3) is 4.34. The molecule has 7 heteroatoms. The van der Waals surface area contributed by atoms with Crippen LogP contribution in [0.3, 0.4) is 0 Å². The maximum atomic E-state index is 12.9. The molecule has 2 amide bonds. The Labute approximate surface area is 133 Å². The van der Waals surface area contributed by atoms with Crippen LogP contribution in [-0.4, -0.2) is 41.6 Å². The van der Waals surface area contributed by atoms with E-state index in [0.717, 1.165) is 5.56 Å². The summed E-state index contributed by atoms with van der Waals surface area (Å²) in [6.07, 6.45) is 1.78. The Morgan fingerprint density at radius 1 is 1.45 bits per heavy atom. The Morgan fingerprint density at radius 3 is 2.91 bits per heavy atom. The van der Waals surface area contributed by atoms with Crippen molar-refractivity contribution < 1.29 is 19.1 Å². The number of nitrogens with one attached hydrogen (secondary N) is 1. The second kappa shape index (κ2) is 7.45. The first kappa shape index (κ1) is 16.5. The van der Waals surface area contributed by atoms with Crippen molar-refractivity contribution in [3.63, 3.8) is 0 Å². The average molecular weight is 329 g/mol. The number of piperidine rings is 1. The van der Waals surface area contributed by atoms with Crippen LogP contribution in [0.1, 0.15) is 18.4 Å². The molecule has 1 unspecified atom stereocenters. The summed E-state index contributed by atoms with van der Waals surface area (Å²) in [5.41, 5.74) is 0.755. The standard InChI is InChI=1S/C15H18ClFN2O3/c16-13-8-12(17)4-3-10(13)5-6-18-15(22)19-7-1-2-11(9-19)14(20)21/h3-4,8,11H,1-2,5-7,9H2,(H,18,22)(H,20,21). The molecule has 120 valence electrons. The van der Waals surface area contributed by atoms with E-state index in [-0.39, 0.29) is 12.6 Å². The Balaban J connectivity index is 1.81. The number of halogens is 2. The van der Waals surface area contributed by atoms with Gasteiger partial charge in [0.2, 0.25) is 0 Å². The van der Waals surface area contributed by atoms with Crippen LogP contribution < -0.4 is 5.32 Å². The highest BCUT2D eigenvalue weighted by Crippen LogP contribution is 2.18. The molecule has 1 heterocycles. The maximum Gasteiger partial charge on any atom is 0.317 e. The number of nitrogens with zero attached hydrogens (tertiary/aromatic N) is 1. The summed E-state index contributed by atoms with van der Waals surface area (Å²) < 4.78 is 12.9. The number of likely N-dealkylation sites (tertiary alicyclic amines) is 1. The van der Waals surface area contributed by atoms with Gasteiger partial charge in [0.05, 0.1) is 5.92 Å². The van der Waals surface area contributed by atoms with Crippen LogP contribution in [0.25, 0.3) is 0 Å². The molecular formula is C15H18ClFN2O3. The number of benzene rings is 1. The van der Waals surface area contributed by atoms with Crippen LogP contribution in [0.5, 0.6) is 0 Å². The normalized spacial score (nSPS) is 18.1. The Bertz CT molecular complexity index is 568. The van der Waals surface area contributed by atoms with Gasteiger partial charge < -0.3 is 15.3 Å². The van der Waals surface area contributed by atoms with Gasteiger partial charge in [0, 0.05) is 24.7 Å². The molecule has 1 atom stereocenters. The van der Waals surface area contributed by atoms with Crippen molar-refractivity contribution >= 4 is 23.6 Å². The number of aliphatic carboxylic acids is 1. The molecule has 1 aliphatic rings. The molecule has 0 bridgehead atoms. The molecule has 0 aliphatic carbocycles. The summed E-state index contributed by atoms with van der Waals surface area (Å²) >= 11 is 5.92. The van der Waals surface area contributed by atoms with E-state index in [4.69, 9.17) is 16.7 Å². The lowest BCUT2D eigenvalue weighted by molar-refractivity contribution is -0.143. The number of hydrogen-bond acceptors (Lipinski definition) is 2.